The van der Waals surface area contributed by atoms with Crippen LogP contribution in [0.1, 0.15) is 45.7 Å². The minimum Gasteiger partial charge on any atom is -0.294 e. The van der Waals surface area contributed by atoms with Gasteiger partial charge in [-0.3, -0.25) is 24.6 Å². The molecule has 2 aromatic heterocycles. The Kier molecular flexibility index (Phi) is 6.33. The van der Waals surface area contributed by atoms with E-state index in [1.165, 1.54) is 0 Å². The van der Waals surface area contributed by atoms with Gasteiger partial charge in [-0.15, -0.1) is 0 Å². The number of ketones is 2. The first kappa shape index (κ1) is 23.1. The number of fused-ring (bicyclic) bond motifs is 2. The summed E-state index contributed by atoms with van der Waals surface area (Å²) >= 11 is 0. The van der Waals surface area contributed by atoms with Gasteiger partial charge in [-0.2, -0.15) is 5.10 Å². The predicted octanol–water partition coefficient (Wildman–Crippen LogP) is 6.23. The minimum atomic E-state index is -0.00390. The second kappa shape index (κ2) is 9.88. The summed E-state index contributed by atoms with van der Waals surface area (Å²) in [6.07, 6.45) is 5.22. The zero-order valence-corrected chi connectivity index (χ0v) is 20.1. The van der Waals surface area contributed by atoms with E-state index >= 15 is 0 Å². The molecular formula is C30H24N4O2. The van der Waals surface area contributed by atoms with Crippen LogP contribution in [0, 0.1) is 0 Å². The van der Waals surface area contributed by atoms with Crippen LogP contribution >= 0.6 is 0 Å². The van der Waals surface area contributed by atoms with Gasteiger partial charge in [-0.25, -0.2) is 0 Å². The van der Waals surface area contributed by atoms with Crippen LogP contribution < -0.4 is 5.01 Å². The summed E-state index contributed by atoms with van der Waals surface area (Å²) in [4.78, 5) is 33.4. The first-order valence-corrected chi connectivity index (χ1v) is 11.7. The summed E-state index contributed by atoms with van der Waals surface area (Å²) in [5.41, 5.74) is 5.46. The monoisotopic (exact) mass is 472 g/mol. The number of rotatable bonds is 7. The summed E-state index contributed by atoms with van der Waals surface area (Å²) < 4.78 is 0. The number of benzene rings is 3. The Morgan fingerprint density at radius 1 is 0.750 bits per heavy atom. The quantitative estimate of drug-likeness (QED) is 0.159. The second-order valence-corrected chi connectivity index (χ2v) is 8.52. The molecule has 36 heavy (non-hydrogen) atoms. The number of carbonyl (C=O) groups is 2. The van der Waals surface area contributed by atoms with Crippen LogP contribution in [0.5, 0.6) is 0 Å². The van der Waals surface area contributed by atoms with Crippen molar-refractivity contribution in [3.05, 3.63) is 114 Å². The Morgan fingerprint density at radius 2 is 1.36 bits per heavy atom. The van der Waals surface area contributed by atoms with Crippen LogP contribution in [0.25, 0.3) is 21.8 Å². The van der Waals surface area contributed by atoms with E-state index < -0.39 is 0 Å². The number of hydrazone groups is 1. The molecule has 0 bridgehead atoms. The second-order valence-electron chi connectivity index (χ2n) is 8.52. The fourth-order valence-electron chi connectivity index (χ4n) is 4.36. The molecule has 0 aliphatic rings. The van der Waals surface area contributed by atoms with Gasteiger partial charge in [0.05, 0.1) is 29.5 Å². The number of pyridine rings is 2. The van der Waals surface area contributed by atoms with Crippen molar-refractivity contribution in [2.75, 3.05) is 5.01 Å². The first-order chi connectivity index (χ1) is 17.5. The third kappa shape index (κ3) is 4.49. The van der Waals surface area contributed by atoms with Gasteiger partial charge >= 0.3 is 0 Å². The number of para-hydroxylation sites is 1. The van der Waals surface area contributed by atoms with Crippen molar-refractivity contribution in [2.24, 2.45) is 5.10 Å². The van der Waals surface area contributed by atoms with Crippen molar-refractivity contribution in [3.63, 3.8) is 0 Å². The van der Waals surface area contributed by atoms with E-state index in [-0.39, 0.29) is 11.6 Å². The standard InChI is InChI=1S/C30H24N4O2/c1-20(35)25-14-12-22(29-27(25)10-6-16-31-29)18-33-34(24-8-4-3-5-9-24)19-23-13-15-26(21(2)36)28-11-7-17-32-30(23)28/h3-18H,19H2,1-2H3/b33-18+. The summed E-state index contributed by atoms with van der Waals surface area (Å²) in [5.74, 6) is 0.00154. The normalized spacial score (nSPS) is 11.3. The van der Waals surface area contributed by atoms with E-state index in [1.54, 1.807) is 32.5 Å². The fraction of sp³-hybridized carbons (Fsp3) is 0.100. The van der Waals surface area contributed by atoms with E-state index in [9.17, 15) is 9.59 Å². The number of aromatic nitrogens is 2. The van der Waals surface area contributed by atoms with Gasteiger partial charge in [0.1, 0.15) is 0 Å². The number of nitrogens with zero attached hydrogens (tertiary/aromatic N) is 4. The molecule has 176 valence electrons. The number of anilines is 1. The molecule has 0 fully saturated rings. The highest BCUT2D eigenvalue weighted by Crippen LogP contribution is 2.26. The third-order valence-electron chi connectivity index (χ3n) is 6.12. The molecule has 0 spiro atoms. The molecule has 5 rings (SSSR count). The van der Waals surface area contributed by atoms with Crippen LogP contribution in [-0.2, 0) is 6.54 Å². The van der Waals surface area contributed by atoms with Gasteiger partial charge in [0.2, 0.25) is 0 Å². The van der Waals surface area contributed by atoms with Crippen LogP contribution in [0.15, 0.2) is 96.4 Å². The molecule has 3 aromatic carbocycles. The highest BCUT2D eigenvalue weighted by Gasteiger charge is 2.14. The van der Waals surface area contributed by atoms with Crippen molar-refractivity contribution in [1.82, 2.24) is 9.97 Å². The Balaban J connectivity index is 1.58. The molecule has 0 aliphatic heterocycles. The topological polar surface area (TPSA) is 75.5 Å². The number of carbonyl (C=O) groups excluding carboxylic acids is 2. The molecule has 6 nitrogen and oxygen atoms in total. The molecule has 0 saturated heterocycles. The van der Waals surface area contributed by atoms with Crippen LogP contribution in [0.2, 0.25) is 0 Å². The molecule has 5 aromatic rings. The van der Waals surface area contributed by atoms with E-state index in [2.05, 4.69) is 9.97 Å². The highest BCUT2D eigenvalue weighted by molar-refractivity contribution is 6.10. The van der Waals surface area contributed by atoms with E-state index in [4.69, 9.17) is 5.10 Å². The lowest BCUT2D eigenvalue weighted by Crippen LogP contribution is -2.17. The SMILES string of the molecule is CC(=O)c1ccc(/C=N/N(Cc2ccc(C(C)=O)c3cccnc23)c2ccccc2)c2ncccc12. The van der Waals surface area contributed by atoms with Crippen molar-refractivity contribution in [3.8, 4) is 0 Å². The Bertz CT molecular complexity index is 1630. The fourth-order valence-corrected chi connectivity index (χ4v) is 4.36. The summed E-state index contributed by atoms with van der Waals surface area (Å²) in [7, 11) is 0. The summed E-state index contributed by atoms with van der Waals surface area (Å²) in [5, 5.41) is 8.36. The first-order valence-electron chi connectivity index (χ1n) is 11.7. The maximum Gasteiger partial charge on any atom is 0.160 e. The predicted molar refractivity (Wildman–Crippen MR) is 144 cm³/mol. The molecule has 0 saturated carbocycles. The van der Waals surface area contributed by atoms with Crippen molar-refractivity contribution in [2.45, 2.75) is 20.4 Å². The molecule has 0 unspecified atom stereocenters. The van der Waals surface area contributed by atoms with Crippen molar-refractivity contribution < 1.29 is 9.59 Å². The van der Waals surface area contributed by atoms with E-state index in [0.29, 0.717) is 17.7 Å². The molecule has 0 amide bonds. The molecule has 6 heteroatoms. The van der Waals surface area contributed by atoms with Gasteiger partial charge in [0.25, 0.3) is 0 Å². The maximum absolute atomic E-state index is 12.2. The van der Waals surface area contributed by atoms with Crippen molar-refractivity contribution >= 4 is 45.3 Å². The third-order valence-corrected chi connectivity index (χ3v) is 6.12. The van der Waals surface area contributed by atoms with E-state index in [0.717, 1.165) is 38.6 Å². The average molecular weight is 473 g/mol. The van der Waals surface area contributed by atoms with Crippen LogP contribution in [0.4, 0.5) is 5.69 Å². The lowest BCUT2D eigenvalue weighted by atomic mass is 10.0. The number of hydrogen-bond acceptors (Lipinski definition) is 6. The zero-order valence-electron chi connectivity index (χ0n) is 20.1. The smallest absolute Gasteiger partial charge is 0.160 e. The minimum absolute atomic E-state index is 0.00390. The molecule has 0 radical (unpaired) electrons. The lowest BCUT2D eigenvalue weighted by Gasteiger charge is -2.20. The zero-order chi connectivity index (χ0) is 25.1. The molecule has 0 N–H and O–H groups in total. The molecule has 0 aliphatic carbocycles. The van der Waals surface area contributed by atoms with Gasteiger partial charge in [0.15, 0.2) is 11.6 Å². The van der Waals surface area contributed by atoms with Gasteiger partial charge in [-0.05, 0) is 43.7 Å². The van der Waals surface area contributed by atoms with Gasteiger partial charge in [-0.1, -0.05) is 54.6 Å². The van der Waals surface area contributed by atoms with E-state index in [1.807, 2.05) is 83.9 Å². The van der Waals surface area contributed by atoms with Crippen molar-refractivity contribution in [1.29, 1.82) is 0 Å². The van der Waals surface area contributed by atoms with Gasteiger partial charge in [0, 0.05) is 39.9 Å². The lowest BCUT2D eigenvalue weighted by molar-refractivity contribution is 0.101. The summed E-state index contributed by atoms with van der Waals surface area (Å²) in [6, 6.07) is 24.9. The molecular weight excluding hydrogens is 448 g/mol. The van der Waals surface area contributed by atoms with Crippen LogP contribution in [0.3, 0.4) is 0 Å². The number of Topliss-reactive ketones (excluding diaryl/α,β-unsaturated/α-hetero) is 2. The van der Waals surface area contributed by atoms with Gasteiger partial charge < -0.3 is 0 Å². The van der Waals surface area contributed by atoms with Crippen LogP contribution in [-0.4, -0.2) is 27.7 Å². The highest BCUT2D eigenvalue weighted by atomic mass is 16.1. The Hall–Kier alpha value is -4.71. The maximum atomic E-state index is 12.2. The summed E-state index contributed by atoms with van der Waals surface area (Å²) in [6.45, 7) is 3.57. The molecule has 0 atom stereocenters. The largest absolute Gasteiger partial charge is 0.294 e. The Labute approximate surface area is 208 Å². The molecule has 2 heterocycles. The Morgan fingerprint density at radius 3 is 2.03 bits per heavy atom. The number of hydrogen-bond donors (Lipinski definition) is 0. The average Bonchev–Trinajstić information content (AvgIpc) is 2.91.